The molecule has 4 heterocycles. The average molecular weight is 602 g/mol. The maximum Gasteiger partial charge on any atom is 0.255 e. The number of amides is 3. The summed E-state index contributed by atoms with van der Waals surface area (Å²) in [6, 6.07) is 16.9. The summed E-state index contributed by atoms with van der Waals surface area (Å²) in [6.45, 7) is 1.81. The third-order valence-corrected chi connectivity index (χ3v) is 7.22. The zero-order chi connectivity index (χ0) is 30.0. The van der Waals surface area contributed by atoms with E-state index in [4.69, 9.17) is 16.3 Å². The van der Waals surface area contributed by atoms with Crippen LogP contribution in [-0.4, -0.2) is 68.3 Å². The highest BCUT2D eigenvalue weighted by Crippen LogP contribution is 2.26. The molecule has 2 aromatic heterocycles. The first-order valence-electron chi connectivity index (χ1n) is 14.1. The van der Waals surface area contributed by atoms with Crippen molar-refractivity contribution in [3.8, 4) is 5.75 Å². The van der Waals surface area contributed by atoms with Gasteiger partial charge in [0.05, 0.1) is 29.9 Å². The van der Waals surface area contributed by atoms with E-state index in [0.29, 0.717) is 73.1 Å². The minimum absolute atomic E-state index is 0.198. The molecule has 12 heteroatoms. The van der Waals surface area contributed by atoms with E-state index >= 15 is 0 Å². The molecule has 2 aliphatic heterocycles. The fourth-order valence-corrected chi connectivity index (χ4v) is 4.95. The van der Waals surface area contributed by atoms with Gasteiger partial charge in [-0.15, -0.1) is 5.10 Å². The Morgan fingerprint density at radius 1 is 1.05 bits per heavy atom. The van der Waals surface area contributed by atoms with E-state index in [1.54, 1.807) is 46.2 Å². The maximum atomic E-state index is 13.3. The second-order valence-electron chi connectivity index (χ2n) is 10.1. The largest absolute Gasteiger partial charge is 0.492 e. The fraction of sp³-hybridized carbons (Fsp3) is 0.290. The molecule has 4 bridgehead atoms. The number of hydrogen-bond donors (Lipinski definition) is 2. The number of halogens is 1. The number of pyridine rings is 1. The van der Waals surface area contributed by atoms with Gasteiger partial charge in [-0.05, 0) is 42.3 Å². The molecule has 0 unspecified atom stereocenters. The highest BCUT2D eigenvalue weighted by Gasteiger charge is 2.23. The van der Waals surface area contributed by atoms with E-state index in [9.17, 15) is 14.4 Å². The van der Waals surface area contributed by atoms with E-state index in [-0.39, 0.29) is 18.4 Å². The molecule has 222 valence electrons. The lowest BCUT2D eigenvalue weighted by Crippen LogP contribution is -2.48. The molecule has 11 nitrogen and oxygen atoms in total. The molecular weight excluding hydrogens is 570 g/mol. The molecule has 2 aliphatic rings. The predicted molar refractivity (Wildman–Crippen MR) is 160 cm³/mol. The van der Waals surface area contributed by atoms with Crippen molar-refractivity contribution < 1.29 is 19.1 Å². The van der Waals surface area contributed by atoms with Gasteiger partial charge in [-0.25, -0.2) is 0 Å². The summed E-state index contributed by atoms with van der Waals surface area (Å²) >= 11 is 6.43. The normalized spacial score (nSPS) is 16.9. The molecule has 43 heavy (non-hydrogen) atoms. The number of aryl methyl sites for hydroxylation is 1. The maximum absolute atomic E-state index is 13.3. The number of benzene rings is 2. The SMILES string of the molecule is O=C1N[C@@H](Cc2ccccc2)C(=O)NCCCN(C(=O)c2cccnc2)Cc2cn(nn2)CCCOc2ccc1cc2Cl. The molecule has 3 amide bonds. The van der Waals surface area contributed by atoms with Crippen molar-refractivity contribution in [3.63, 3.8) is 0 Å². The van der Waals surface area contributed by atoms with Crippen LogP contribution in [0.4, 0.5) is 0 Å². The Labute approximate surface area is 254 Å². The third kappa shape index (κ3) is 8.16. The van der Waals surface area contributed by atoms with Crippen LogP contribution in [0.2, 0.25) is 5.02 Å². The van der Waals surface area contributed by atoms with Gasteiger partial charge in [0.15, 0.2) is 0 Å². The molecule has 2 N–H and O–H groups in total. The predicted octanol–water partition coefficient (Wildman–Crippen LogP) is 3.30. The Hall–Kier alpha value is -4.77. The second kappa shape index (κ2) is 14.4. The summed E-state index contributed by atoms with van der Waals surface area (Å²) in [4.78, 5) is 45.6. The molecule has 0 saturated carbocycles. The van der Waals surface area contributed by atoms with Gasteiger partial charge in [-0.3, -0.25) is 24.0 Å². The number of nitrogens with zero attached hydrogens (tertiary/aromatic N) is 5. The molecule has 2 aromatic carbocycles. The van der Waals surface area contributed by atoms with Crippen LogP contribution in [0, 0.1) is 0 Å². The number of rotatable bonds is 3. The molecule has 0 radical (unpaired) electrons. The number of carbonyl (C=O) groups is 3. The van der Waals surface area contributed by atoms with Crippen molar-refractivity contribution in [3.05, 3.63) is 107 Å². The fourth-order valence-electron chi connectivity index (χ4n) is 4.71. The molecule has 1 atom stereocenters. The van der Waals surface area contributed by atoms with E-state index in [1.165, 1.54) is 12.3 Å². The van der Waals surface area contributed by atoms with Crippen LogP contribution < -0.4 is 15.4 Å². The van der Waals surface area contributed by atoms with Gasteiger partial charge < -0.3 is 20.3 Å². The van der Waals surface area contributed by atoms with Crippen molar-refractivity contribution >= 4 is 29.3 Å². The number of carbonyl (C=O) groups excluding carboxylic acids is 3. The van der Waals surface area contributed by atoms with Crippen LogP contribution in [0.1, 0.15) is 44.8 Å². The minimum Gasteiger partial charge on any atom is -0.492 e. The van der Waals surface area contributed by atoms with Gasteiger partial charge >= 0.3 is 0 Å². The smallest absolute Gasteiger partial charge is 0.255 e. The molecule has 0 fully saturated rings. The molecule has 0 saturated heterocycles. The third-order valence-electron chi connectivity index (χ3n) is 6.93. The van der Waals surface area contributed by atoms with Gasteiger partial charge in [0.1, 0.15) is 17.5 Å². The quantitative estimate of drug-likeness (QED) is 0.368. The Bertz CT molecular complexity index is 1550. The lowest BCUT2D eigenvalue weighted by atomic mass is 10.0. The van der Waals surface area contributed by atoms with E-state index in [2.05, 4.69) is 25.9 Å². The minimum atomic E-state index is -0.832. The first-order chi connectivity index (χ1) is 21.0. The van der Waals surface area contributed by atoms with Crippen LogP contribution in [0.15, 0.2) is 79.3 Å². The summed E-state index contributed by atoms with van der Waals surface area (Å²) in [7, 11) is 0. The van der Waals surface area contributed by atoms with E-state index in [0.717, 1.165) is 5.56 Å². The van der Waals surface area contributed by atoms with Gasteiger partial charge in [-0.2, -0.15) is 0 Å². The number of aromatic nitrogens is 4. The van der Waals surface area contributed by atoms with Gasteiger partial charge in [0.2, 0.25) is 5.91 Å². The van der Waals surface area contributed by atoms with Crippen molar-refractivity contribution in [2.24, 2.45) is 0 Å². The van der Waals surface area contributed by atoms with Crippen molar-refractivity contribution in [1.82, 2.24) is 35.5 Å². The zero-order valence-electron chi connectivity index (χ0n) is 23.5. The Morgan fingerprint density at radius 3 is 2.70 bits per heavy atom. The summed E-state index contributed by atoms with van der Waals surface area (Å²) in [6.07, 6.45) is 6.35. The van der Waals surface area contributed by atoms with Gasteiger partial charge in [0, 0.05) is 50.4 Å². The Balaban J connectivity index is 1.36. The monoisotopic (exact) mass is 601 g/mol. The summed E-state index contributed by atoms with van der Waals surface area (Å²) < 4.78 is 7.54. The number of nitrogens with one attached hydrogen (secondary N) is 2. The van der Waals surface area contributed by atoms with Crippen LogP contribution in [0.25, 0.3) is 0 Å². The van der Waals surface area contributed by atoms with Crippen molar-refractivity contribution in [2.45, 2.75) is 38.4 Å². The van der Waals surface area contributed by atoms with Crippen molar-refractivity contribution in [1.29, 1.82) is 0 Å². The topological polar surface area (TPSA) is 131 Å². The second-order valence-corrected chi connectivity index (χ2v) is 10.6. The van der Waals surface area contributed by atoms with Gasteiger partial charge in [-0.1, -0.05) is 47.1 Å². The zero-order valence-corrected chi connectivity index (χ0v) is 24.2. The van der Waals surface area contributed by atoms with Crippen LogP contribution in [-0.2, 0) is 24.3 Å². The number of fused-ring (bicyclic) bond motifs is 14. The number of hydrogen-bond acceptors (Lipinski definition) is 7. The van der Waals surface area contributed by atoms with Crippen molar-refractivity contribution in [2.75, 3.05) is 19.7 Å². The summed E-state index contributed by atoms with van der Waals surface area (Å²) in [5.74, 6) is -0.504. The Morgan fingerprint density at radius 2 is 1.91 bits per heavy atom. The summed E-state index contributed by atoms with van der Waals surface area (Å²) in [5, 5.41) is 14.5. The van der Waals surface area contributed by atoms with E-state index in [1.807, 2.05) is 30.3 Å². The van der Waals surface area contributed by atoms with Crippen LogP contribution in [0.5, 0.6) is 5.75 Å². The molecular formula is C31H32ClN7O4. The molecule has 0 aliphatic carbocycles. The Kier molecular flexibility index (Phi) is 9.96. The molecule has 0 spiro atoms. The summed E-state index contributed by atoms with van der Waals surface area (Å²) in [5.41, 5.74) is 2.31. The highest BCUT2D eigenvalue weighted by molar-refractivity contribution is 6.32. The molecule has 6 rings (SSSR count). The standard InChI is InChI=1S/C31H32ClN7O4/c32-26-18-23-10-11-28(26)43-16-6-15-39-21-25(36-37-39)20-38(31(42)24-9-4-12-33-19-24)14-5-13-34-30(41)27(35-29(23)40)17-22-7-2-1-3-8-22/h1-4,7-12,18-19,21,27H,5-6,13-17,20H2,(H,34,41)(H,35,40)/t27-/m0/s1. The van der Waals surface area contributed by atoms with Crippen LogP contribution in [0.3, 0.4) is 0 Å². The lowest BCUT2D eigenvalue weighted by Gasteiger charge is -2.22. The molecule has 4 aromatic rings. The van der Waals surface area contributed by atoms with E-state index < -0.39 is 11.9 Å². The lowest BCUT2D eigenvalue weighted by molar-refractivity contribution is -0.122. The average Bonchev–Trinajstić information content (AvgIpc) is 3.48. The first-order valence-corrected chi connectivity index (χ1v) is 14.5. The highest BCUT2D eigenvalue weighted by atomic mass is 35.5. The first kappa shape index (κ1) is 29.7. The van der Waals surface area contributed by atoms with Crippen LogP contribution >= 0.6 is 11.6 Å². The number of ether oxygens (including phenoxy) is 1. The van der Waals surface area contributed by atoms with Gasteiger partial charge in [0.25, 0.3) is 11.8 Å².